The maximum Gasteiger partial charge on any atom is 0.416 e. The number of carboxylic acid groups (broad SMARTS) is 1. The Morgan fingerprint density at radius 1 is 1.37 bits per heavy atom. The number of aromatic nitrogens is 3. The van der Waals surface area contributed by atoms with Crippen LogP contribution in [0.1, 0.15) is 21.7 Å². The standard InChI is InChI=1S/C11H8F3N3O2/c1-6-9(10(18)19)15-16-17(6)8-4-2-3-7(5-8)11(12,13)14/h2-5H,1H3,(H,18,19). The average Bonchev–Trinajstić information content (AvgIpc) is 2.70. The first kappa shape index (κ1) is 13.1. The summed E-state index contributed by atoms with van der Waals surface area (Å²) in [6, 6.07) is 4.42. The molecule has 0 unspecified atom stereocenters. The van der Waals surface area contributed by atoms with Gasteiger partial charge in [-0.25, -0.2) is 9.48 Å². The predicted octanol–water partition coefficient (Wildman–Crippen LogP) is 2.29. The second-order valence-corrected chi connectivity index (χ2v) is 3.79. The van der Waals surface area contributed by atoms with Crippen molar-refractivity contribution in [2.24, 2.45) is 0 Å². The van der Waals surface area contributed by atoms with E-state index in [1.165, 1.54) is 19.1 Å². The minimum atomic E-state index is -4.47. The molecule has 1 N–H and O–H groups in total. The molecule has 0 amide bonds. The van der Waals surface area contributed by atoms with Crippen LogP contribution in [-0.4, -0.2) is 26.1 Å². The summed E-state index contributed by atoms with van der Waals surface area (Å²) in [7, 11) is 0. The lowest BCUT2D eigenvalue weighted by atomic mass is 10.2. The molecule has 0 aliphatic carbocycles. The van der Waals surface area contributed by atoms with Crippen LogP contribution in [-0.2, 0) is 6.18 Å². The van der Waals surface area contributed by atoms with E-state index in [9.17, 15) is 18.0 Å². The first-order valence-electron chi connectivity index (χ1n) is 5.14. The molecule has 0 aliphatic rings. The van der Waals surface area contributed by atoms with Crippen LogP contribution in [0.15, 0.2) is 24.3 Å². The van der Waals surface area contributed by atoms with Crippen molar-refractivity contribution in [3.05, 3.63) is 41.2 Å². The van der Waals surface area contributed by atoms with Crippen LogP contribution in [0.2, 0.25) is 0 Å². The van der Waals surface area contributed by atoms with Gasteiger partial charge < -0.3 is 5.11 Å². The molecular weight excluding hydrogens is 263 g/mol. The zero-order valence-electron chi connectivity index (χ0n) is 9.64. The number of halogens is 3. The van der Waals surface area contributed by atoms with Gasteiger partial charge in [0, 0.05) is 0 Å². The van der Waals surface area contributed by atoms with E-state index in [1.54, 1.807) is 0 Å². The highest BCUT2D eigenvalue weighted by atomic mass is 19.4. The number of carboxylic acids is 1. The molecule has 1 aromatic carbocycles. The van der Waals surface area contributed by atoms with Crippen molar-refractivity contribution >= 4 is 5.97 Å². The lowest BCUT2D eigenvalue weighted by Crippen LogP contribution is -2.07. The minimum absolute atomic E-state index is 0.104. The summed E-state index contributed by atoms with van der Waals surface area (Å²) in [5.74, 6) is -1.28. The van der Waals surface area contributed by atoms with Gasteiger partial charge in [0.05, 0.1) is 16.9 Å². The number of nitrogens with zero attached hydrogens (tertiary/aromatic N) is 3. The number of rotatable bonds is 2. The molecule has 5 nitrogen and oxygen atoms in total. The third kappa shape index (κ3) is 2.42. The molecule has 0 bridgehead atoms. The zero-order chi connectivity index (χ0) is 14.2. The Labute approximate surface area is 105 Å². The van der Waals surface area contributed by atoms with Crippen LogP contribution in [0.5, 0.6) is 0 Å². The van der Waals surface area contributed by atoms with Crippen molar-refractivity contribution in [1.29, 1.82) is 0 Å². The summed E-state index contributed by atoms with van der Waals surface area (Å²) < 4.78 is 38.8. The van der Waals surface area contributed by atoms with Gasteiger partial charge in [0.1, 0.15) is 0 Å². The summed E-state index contributed by atoms with van der Waals surface area (Å²) in [6.07, 6.45) is -4.47. The molecule has 0 saturated heterocycles. The zero-order valence-corrected chi connectivity index (χ0v) is 9.64. The van der Waals surface area contributed by atoms with Crippen LogP contribution >= 0.6 is 0 Å². The summed E-state index contributed by atoms with van der Waals surface area (Å²) in [4.78, 5) is 10.8. The maximum absolute atomic E-state index is 12.6. The van der Waals surface area contributed by atoms with Crippen LogP contribution < -0.4 is 0 Å². The third-order valence-electron chi connectivity index (χ3n) is 2.52. The van der Waals surface area contributed by atoms with Gasteiger partial charge in [-0.05, 0) is 25.1 Å². The molecule has 0 aliphatic heterocycles. The largest absolute Gasteiger partial charge is 0.476 e. The van der Waals surface area contributed by atoms with E-state index >= 15 is 0 Å². The molecule has 0 fully saturated rings. The summed E-state index contributed by atoms with van der Waals surface area (Å²) in [6.45, 7) is 1.42. The van der Waals surface area contributed by atoms with E-state index in [0.29, 0.717) is 0 Å². The number of carbonyl (C=O) groups is 1. The van der Waals surface area contributed by atoms with E-state index in [2.05, 4.69) is 10.3 Å². The fraction of sp³-hybridized carbons (Fsp3) is 0.182. The average molecular weight is 271 g/mol. The van der Waals surface area contributed by atoms with Gasteiger partial charge in [0.2, 0.25) is 0 Å². The Morgan fingerprint density at radius 3 is 2.58 bits per heavy atom. The van der Waals surface area contributed by atoms with Crippen molar-refractivity contribution in [2.75, 3.05) is 0 Å². The van der Waals surface area contributed by atoms with Crippen molar-refractivity contribution in [3.63, 3.8) is 0 Å². The lowest BCUT2D eigenvalue weighted by Gasteiger charge is -2.09. The number of hydrogen-bond acceptors (Lipinski definition) is 3. The van der Waals surface area contributed by atoms with Gasteiger partial charge in [0.15, 0.2) is 5.69 Å². The maximum atomic E-state index is 12.6. The summed E-state index contributed by atoms with van der Waals surface area (Å²) in [5, 5.41) is 15.8. The summed E-state index contributed by atoms with van der Waals surface area (Å²) in [5.41, 5.74) is -0.867. The lowest BCUT2D eigenvalue weighted by molar-refractivity contribution is -0.137. The van der Waals surface area contributed by atoms with E-state index in [0.717, 1.165) is 16.8 Å². The van der Waals surface area contributed by atoms with Crippen molar-refractivity contribution < 1.29 is 23.1 Å². The van der Waals surface area contributed by atoms with Crippen molar-refractivity contribution in [1.82, 2.24) is 15.0 Å². The van der Waals surface area contributed by atoms with Gasteiger partial charge >= 0.3 is 12.1 Å². The number of hydrogen-bond donors (Lipinski definition) is 1. The molecule has 0 spiro atoms. The Hall–Kier alpha value is -2.38. The normalized spacial score (nSPS) is 11.6. The second-order valence-electron chi connectivity index (χ2n) is 3.79. The first-order chi connectivity index (χ1) is 8.80. The topological polar surface area (TPSA) is 68.0 Å². The SMILES string of the molecule is Cc1c(C(=O)O)nnn1-c1cccc(C(F)(F)F)c1. The van der Waals surface area contributed by atoms with Gasteiger partial charge in [-0.3, -0.25) is 0 Å². The fourth-order valence-electron chi connectivity index (χ4n) is 1.59. The molecule has 2 aromatic rings. The molecule has 1 aromatic heterocycles. The Balaban J connectivity index is 2.51. The molecule has 0 saturated carbocycles. The monoisotopic (exact) mass is 271 g/mol. The first-order valence-corrected chi connectivity index (χ1v) is 5.14. The number of alkyl halides is 3. The van der Waals surface area contributed by atoms with Crippen LogP contribution in [0.3, 0.4) is 0 Å². The van der Waals surface area contributed by atoms with Crippen LogP contribution in [0.4, 0.5) is 13.2 Å². The van der Waals surface area contributed by atoms with Gasteiger partial charge in [-0.15, -0.1) is 5.10 Å². The number of aromatic carboxylic acids is 1. The molecule has 8 heteroatoms. The molecule has 2 rings (SSSR count). The molecule has 0 radical (unpaired) electrons. The van der Waals surface area contributed by atoms with Gasteiger partial charge in [0.25, 0.3) is 0 Å². The quantitative estimate of drug-likeness (QED) is 0.909. The third-order valence-corrected chi connectivity index (χ3v) is 2.52. The smallest absolute Gasteiger partial charge is 0.416 e. The molecule has 1 heterocycles. The Kier molecular flexibility index (Phi) is 3.01. The second kappa shape index (κ2) is 4.38. The minimum Gasteiger partial charge on any atom is -0.476 e. The van der Waals surface area contributed by atoms with Crippen molar-refractivity contribution in [2.45, 2.75) is 13.1 Å². The molecule has 0 atom stereocenters. The van der Waals surface area contributed by atoms with Gasteiger partial charge in [-0.2, -0.15) is 13.2 Å². The van der Waals surface area contributed by atoms with Gasteiger partial charge in [-0.1, -0.05) is 11.3 Å². The highest BCUT2D eigenvalue weighted by molar-refractivity contribution is 5.86. The molecule has 19 heavy (non-hydrogen) atoms. The van der Waals surface area contributed by atoms with E-state index in [-0.39, 0.29) is 17.1 Å². The molecule has 100 valence electrons. The van der Waals surface area contributed by atoms with Crippen LogP contribution in [0, 0.1) is 6.92 Å². The Bertz CT molecular complexity index is 634. The highest BCUT2D eigenvalue weighted by Crippen LogP contribution is 2.30. The van der Waals surface area contributed by atoms with Crippen molar-refractivity contribution in [3.8, 4) is 5.69 Å². The fourth-order valence-corrected chi connectivity index (χ4v) is 1.59. The Morgan fingerprint density at radius 2 is 2.05 bits per heavy atom. The highest BCUT2D eigenvalue weighted by Gasteiger charge is 2.30. The molecular formula is C11H8F3N3O2. The van der Waals surface area contributed by atoms with E-state index < -0.39 is 17.7 Å². The van der Waals surface area contributed by atoms with Crippen LogP contribution in [0.25, 0.3) is 5.69 Å². The van der Waals surface area contributed by atoms with E-state index in [4.69, 9.17) is 5.11 Å². The summed E-state index contributed by atoms with van der Waals surface area (Å²) >= 11 is 0. The van der Waals surface area contributed by atoms with E-state index in [1.807, 2.05) is 0 Å². The number of benzene rings is 1. The predicted molar refractivity (Wildman–Crippen MR) is 58.1 cm³/mol.